The highest BCUT2D eigenvalue weighted by molar-refractivity contribution is 7.92. The molecule has 4 saturated carbocycles. The average molecular weight is 481 g/mol. The summed E-state index contributed by atoms with van der Waals surface area (Å²) in [5, 5.41) is 2.84. The first-order valence-electron chi connectivity index (χ1n) is 12.6. The van der Waals surface area contributed by atoms with Gasteiger partial charge in [-0.1, -0.05) is 38.1 Å². The predicted molar refractivity (Wildman–Crippen MR) is 138 cm³/mol. The fraction of sp³-hybridized carbons (Fsp3) is 0.536. The van der Waals surface area contributed by atoms with Gasteiger partial charge in [0.2, 0.25) is 15.9 Å². The van der Waals surface area contributed by atoms with Crippen molar-refractivity contribution in [3.05, 3.63) is 59.7 Å². The van der Waals surface area contributed by atoms with Gasteiger partial charge in [0, 0.05) is 5.69 Å². The molecular formula is C28H36N2O3S. The van der Waals surface area contributed by atoms with Gasteiger partial charge >= 0.3 is 0 Å². The van der Waals surface area contributed by atoms with E-state index in [1.54, 1.807) is 0 Å². The summed E-state index contributed by atoms with van der Waals surface area (Å²) in [6.45, 7) is 3.99. The van der Waals surface area contributed by atoms with Crippen molar-refractivity contribution in [3.63, 3.8) is 0 Å². The summed E-state index contributed by atoms with van der Waals surface area (Å²) < 4.78 is 26.4. The fourth-order valence-electron chi connectivity index (χ4n) is 7.13. The Bertz CT molecular complexity index is 1120. The van der Waals surface area contributed by atoms with Crippen LogP contribution in [0.3, 0.4) is 0 Å². The number of amides is 1. The number of carbonyl (C=O) groups excluding carboxylic acids is 1. The van der Waals surface area contributed by atoms with Gasteiger partial charge in [0.25, 0.3) is 0 Å². The predicted octanol–water partition coefficient (Wildman–Crippen LogP) is 5.68. The maximum atomic E-state index is 12.7. The molecule has 4 fully saturated rings. The summed E-state index contributed by atoms with van der Waals surface area (Å²) in [5.74, 6) is 2.63. The molecule has 6 rings (SSSR count). The number of hydrogen-bond donors (Lipinski definition) is 1. The van der Waals surface area contributed by atoms with E-state index in [1.165, 1.54) is 54.0 Å². The zero-order valence-corrected chi connectivity index (χ0v) is 21.3. The molecular weight excluding hydrogens is 444 g/mol. The van der Waals surface area contributed by atoms with Crippen molar-refractivity contribution in [1.29, 1.82) is 0 Å². The van der Waals surface area contributed by atoms with Gasteiger partial charge in [0.1, 0.15) is 6.54 Å². The molecule has 4 aliphatic rings. The Morgan fingerprint density at radius 1 is 0.941 bits per heavy atom. The average Bonchev–Trinajstić information content (AvgIpc) is 2.76. The van der Waals surface area contributed by atoms with E-state index in [0.717, 1.165) is 24.0 Å². The number of nitrogens with one attached hydrogen (secondary N) is 1. The molecule has 4 bridgehead atoms. The zero-order chi connectivity index (χ0) is 24.1. The van der Waals surface area contributed by atoms with E-state index >= 15 is 0 Å². The van der Waals surface area contributed by atoms with Gasteiger partial charge in [0.05, 0.1) is 11.9 Å². The lowest BCUT2D eigenvalue weighted by Gasteiger charge is -2.57. The number of sulfonamides is 1. The second-order valence-electron chi connectivity index (χ2n) is 11.3. The van der Waals surface area contributed by atoms with Crippen LogP contribution in [0.2, 0.25) is 0 Å². The lowest BCUT2D eigenvalue weighted by atomic mass is 9.48. The molecule has 0 aliphatic heterocycles. The van der Waals surface area contributed by atoms with E-state index in [-0.39, 0.29) is 17.9 Å². The van der Waals surface area contributed by atoms with Crippen LogP contribution in [0.15, 0.2) is 48.5 Å². The van der Waals surface area contributed by atoms with Crippen molar-refractivity contribution in [2.24, 2.45) is 17.8 Å². The van der Waals surface area contributed by atoms with Crippen molar-refractivity contribution >= 4 is 27.3 Å². The molecule has 182 valence electrons. The normalized spacial score (nSPS) is 27.7. The zero-order valence-electron chi connectivity index (χ0n) is 20.5. The molecule has 0 atom stereocenters. The van der Waals surface area contributed by atoms with E-state index in [9.17, 15) is 13.2 Å². The number of rotatable bonds is 7. The van der Waals surface area contributed by atoms with Crippen LogP contribution in [-0.2, 0) is 20.2 Å². The third-order valence-electron chi connectivity index (χ3n) is 8.35. The summed E-state index contributed by atoms with van der Waals surface area (Å²) in [7, 11) is -3.61. The molecule has 2 aromatic rings. The Balaban J connectivity index is 1.31. The minimum Gasteiger partial charge on any atom is -0.325 e. The molecule has 4 aliphatic carbocycles. The number of hydrogen-bond acceptors (Lipinski definition) is 3. The number of benzene rings is 2. The Labute approximate surface area is 204 Å². The van der Waals surface area contributed by atoms with Crippen molar-refractivity contribution in [1.82, 2.24) is 0 Å². The van der Waals surface area contributed by atoms with Crippen LogP contribution < -0.4 is 9.62 Å². The Morgan fingerprint density at radius 2 is 1.47 bits per heavy atom. The smallest absolute Gasteiger partial charge is 0.245 e. The highest BCUT2D eigenvalue weighted by Crippen LogP contribution is 2.60. The molecule has 0 saturated heterocycles. The van der Waals surface area contributed by atoms with Gasteiger partial charge in [-0.05, 0) is 103 Å². The van der Waals surface area contributed by atoms with Crippen molar-refractivity contribution in [2.75, 3.05) is 22.4 Å². The minimum atomic E-state index is -3.61. The van der Waals surface area contributed by atoms with Crippen LogP contribution in [0.25, 0.3) is 0 Å². The molecule has 1 N–H and O–H groups in total. The standard InChI is InChI=1S/C28H36N2O3S/c1-19(2)23-4-8-25(9-5-23)29-27(31)18-30(34(3,32)33)26-10-6-24(7-11-26)28-15-20-12-21(16-28)14-22(13-20)17-28/h4-11,19-22H,12-18H2,1-3H3,(H,29,31). The molecule has 1 amide bonds. The minimum absolute atomic E-state index is 0.249. The summed E-state index contributed by atoms with van der Waals surface area (Å²) in [5.41, 5.74) is 4.01. The van der Waals surface area contributed by atoms with E-state index < -0.39 is 10.0 Å². The second kappa shape index (κ2) is 8.71. The third kappa shape index (κ3) is 4.61. The first kappa shape index (κ1) is 23.4. The molecule has 0 aromatic heterocycles. The quantitative estimate of drug-likeness (QED) is 0.554. The molecule has 34 heavy (non-hydrogen) atoms. The van der Waals surface area contributed by atoms with E-state index in [4.69, 9.17) is 0 Å². The van der Waals surface area contributed by atoms with Crippen molar-refractivity contribution in [3.8, 4) is 0 Å². The summed E-state index contributed by atoms with van der Waals surface area (Å²) in [6, 6.07) is 15.7. The lowest BCUT2D eigenvalue weighted by Crippen LogP contribution is -2.48. The van der Waals surface area contributed by atoms with Crippen molar-refractivity contribution in [2.45, 2.75) is 63.7 Å². The number of carbonyl (C=O) groups is 1. The van der Waals surface area contributed by atoms with E-state index in [1.807, 2.05) is 36.4 Å². The molecule has 0 unspecified atom stereocenters. The number of anilines is 2. The largest absolute Gasteiger partial charge is 0.325 e. The van der Waals surface area contributed by atoms with Gasteiger partial charge in [-0.3, -0.25) is 9.10 Å². The molecule has 5 nitrogen and oxygen atoms in total. The lowest BCUT2D eigenvalue weighted by molar-refractivity contribution is -0.114. The first-order chi connectivity index (χ1) is 16.1. The van der Waals surface area contributed by atoms with Crippen LogP contribution in [0.5, 0.6) is 0 Å². The van der Waals surface area contributed by atoms with Crippen LogP contribution in [0.4, 0.5) is 11.4 Å². The maximum Gasteiger partial charge on any atom is 0.245 e. The molecule has 0 spiro atoms. The van der Waals surface area contributed by atoms with Gasteiger partial charge in [-0.2, -0.15) is 0 Å². The van der Waals surface area contributed by atoms with Gasteiger partial charge in [-0.15, -0.1) is 0 Å². The van der Waals surface area contributed by atoms with Crippen LogP contribution in [-0.4, -0.2) is 27.1 Å². The van der Waals surface area contributed by atoms with Gasteiger partial charge in [0.15, 0.2) is 0 Å². The Kier molecular flexibility index (Phi) is 5.99. The summed E-state index contributed by atoms with van der Waals surface area (Å²) in [4.78, 5) is 12.7. The fourth-order valence-corrected chi connectivity index (χ4v) is 7.98. The molecule has 0 radical (unpaired) electrons. The van der Waals surface area contributed by atoms with Gasteiger partial charge in [-0.25, -0.2) is 8.42 Å². The van der Waals surface area contributed by atoms with Crippen LogP contribution >= 0.6 is 0 Å². The van der Waals surface area contributed by atoms with Gasteiger partial charge < -0.3 is 5.32 Å². The van der Waals surface area contributed by atoms with Crippen molar-refractivity contribution < 1.29 is 13.2 Å². The highest BCUT2D eigenvalue weighted by Gasteiger charge is 2.51. The third-order valence-corrected chi connectivity index (χ3v) is 9.50. The monoisotopic (exact) mass is 480 g/mol. The van der Waals surface area contributed by atoms with E-state index in [0.29, 0.717) is 17.3 Å². The Hall–Kier alpha value is -2.34. The van der Waals surface area contributed by atoms with E-state index in [2.05, 4.69) is 31.3 Å². The Morgan fingerprint density at radius 3 is 1.94 bits per heavy atom. The molecule has 2 aromatic carbocycles. The summed E-state index contributed by atoms with van der Waals surface area (Å²) >= 11 is 0. The van der Waals surface area contributed by atoms with Crippen LogP contribution in [0.1, 0.15) is 69.4 Å². The summed E-state index contributed by atoms with van der Waals surface area (Å²) in [6.07, 6.45) is 9.16. The SMILES string of the molecule is CC(C)c1ccc(NC(=O)CN(c2ccc(C34CC5CC(CC(C5)C3)C4)cc2)S(C)(=O)=O)cc1. The topological polar surface area (TPSA) is 66.5 Å². The van der Waals surface area contributed by atoms with Crippen LogP contribution in [0, 0.1) is 17.8 Å². The number of nitrogens with zero attached hydrogens (tertiary/aromatic N) is 1. The second-order valence-corrected chi connectivity index (χ2v) is 13.2. The molecule has 6 heteroatoms. The highest BCUT2D eigenvalue weighted by atomic mass is 32.2. The maximum absolute atomic E-state index is 12.7. The first-order valence-corrected chi connectivity index (χ1v) is 14.4. The molecule has 0 heterocycles.